The van der Waals surface area contributed by atoms with Gasteiger partial charge in [-0.05, 0) is 12.5 Å². The smallest absolute Gasteiger partial charge is 0.338 e. The fourth-order valence-electron chi connectivity index (χ4n) is 1.15. The Kier molecular flexibility index (Phi) is 3.12. The maximum atomic E-state index is 11.3. The van der Waals surface area contributed by atoms with E-state index in [2.05, 4.69) is 4.74 Å². The number of rotatable bonds is 2. The molecule has 67 valence electrons. The topological polar surface area (TPSA) is 26.3 Å². The van der Waals surface area contributed by atoms with Gasteiger partial charge in [-0.2, -0.15) is 0 Å². The summed E-state index contributed by atoms with van der Waals surface area (Å²) < 4.78 is 4.66. The summed E-state index contributed by atoms with van der Waals surface area (Å²) in [6.07, 6.45) is 0. The molecule has 0 fully saturated rings. The van der Waals surface area contributed by atoms with E-state index in [1.54, 1.807) is 0 Å². The van der Waals surface area contributed by atoms with Crippen molar-refractivity contribution in [1.82, 2.24) is 0 Å². The van der Waals surface area contributed by atoms with Gasteiger partial charge in [-0.15, -0.1) is 0 Å². The molecule has 1 aromatic carbocycles. The second-order valence-corrected chi connectivity index (χ2v) is 2.85. The van der Waals surface area contributed by atoms with E-state index in [0.29, 0.717) is 5.56 Å². The fraction of sp³-hybridized carbons (Fsp3) is 0.300. The van der Waals surface area contributed by atoms with Gasteiger partial charge in [0.15, 0.2) is 0 Å². The molecule has 0 aromatic heterocycles. The van der Waals surface area contributed by atoms with Crippen LogP contribution in [0.3, 0.4) is 0 Å². The molecule has 1 rings (SSSR count). The van der Waals surface area contributed by atoms with Crippen LogP contribution in [0.5, 0.6) is 0 Å². The first-order valence-electron chi connectivity index (χ1n) is 4.17. The Bertz CT molecular complexity index is 321. The van der Waals surface area contributed by atoms with Crippen LogP contribution in [0.4, 0.5) is 0 Å². The van der Waals surface area contributed by atoms with Gasteiger partial charge in [0.1, 0.15) is 7.28 Å². The van der Waals surface area contributed by atoms with E-state index in [0.717, 1.165) is 11.0 Å². The van der Waals surface area contributed by atoms with Crippen molar-refractivity contribution in [3.8, 4) is 0 Å². The predicted octanol–water partition coefficient (Wildman–Crippen LogP) is 1.16. The Morgan fingerprint density at radius 3 is 2.69 bits per heavy atom. The highest BCUT2D eigenvalue weighted by atomic mass is 16.5. The van der Waals surface area contributed by atoms with Crippen LogP contribution in [-0.2, 0) is 4.74 Å². The summed E-state index contributed by atoms with van der Waals surface area (Å²) in [4.78, 5) is 11.3. The van der Waals surface area contributed by atoms with Crippen LogP contribution in [0.1, 0.15) is 15.9 Å². The zero-order valence-corrected chi connectivity index (χ0v) is 8.13. The quantitative estimate of drug-likeness (QED) is 0.497. The van der Waals surface area contributed by atoms with Crippen molar-refractivity contribution in [3.63, 3.8) is 0 Å². The van der Waals surface area contributed by atoms with Crippen LogP contribution < -0.4 is 5.46 Å². The average molecular weight is 175 g/mol. The number of carbonyl (C=O) groups is 1. The van der Waals surface area contributed by atoms with E-state index in [1.165, 1.54) is 7.11 Å². The van der Waals surface area contributed by atoms with Crippen LogP contribution in [0.15, 0.2) is 18.2 Å². The molecule has 0 saturated heterocycles. The molecule has 0 heterocycles. The van der Waals surface area contributed by atoms with E-state index in [4.69, 9.17) is 0 Å². The Morgan fingerprint density at radius 2 is 2.15 bits per heavy atom. The van der Waals surface area contributed by atoms with Gasteiger partial charge in [0.25, 0.3) is 0 Å². The molecule has 2 nitrogen and oxygen atoms in total. The van der Waals surface area contributed by atoms with Crippen molar-refractivity contribution < 1.29 is 9.53 Å². The summed E-state index contributed by atoms with van der Waals surface area (Å²) in [5.41, 5.74) is 2.61. The average Bonchev–Trinajstić information content (AvgIpc) is 2.17. The zero-order chi connectivity index (χ0) is 9.84. The van der Waals surface area contributed by atoms with Crippen LogP contribution in [0.2, 0.25) is 6.82 Å². The number of hydrogen-bond donors (Lipinski definition) is 0. The number of benzene rings is 1. The lowest BCUT2D eigenvalue weighted by atomic mass is 9.72. The summed E-state index contributed by atoms with van der Waals surface area (Å²) in [6, 6.07) is 5.73. The van der Waals surface area contributed by atoms with Gasteiger partial charge in [-0.3, -0.25) is 0 Å². The highest BCUT2D eigenvalue weighted by Crippen LogP contribution is 2.06. The number of methoxy groups -OCH3 is 1. The molecule has 3 heteroatoms. The van der Waals surface area contributed by atoms with Crippen LogP contribution in [0.25, 0.3) is 0 Å². The Balaban J connectivity index is 3.11. The minimum absolute atomic E-state index is 0.277. The van der Waals surface area contributed by atoms with E-state index in [-0.39, 0.29) is 5.97 Å². The SMILES string of the molecule is C[B]c1ccc(C)c(C(=O)OC)c1. The summed E-state index contributed by atoms with van der Waals surface area (Å²) in [5, 5.41) is 0. The van der Waals surface area contributed by atoms with Crippen molar-refractivity contribution in [2.75, 3.05) is 7.11 Å². The molecule has 0 amide bonds. The van der Waals surface area contributed by atoms with Gasteiger partial charge < -0.3 is 4.74 Å². The van der Waals surface area contributed by atoms with Crippen LogP contribution in [-0.4, -0.2) is 20.4 Å². The Hall–Kier alpha value is -1.25. The van der Waals surface area contributed by atoms with E-state index >= 15 is 0 Å². The molecule has 0 atom stereocenters. The lowest BCUT2D eigenvalue weighted by Crippen LogP contribution is -2.14. The third-order valence-corrected chi connectivity index (χ3v) is 2.00. The van der Waals surface area contributed by atoms with Crippen molar-refractivity contribution in [2.24, 2.45) is 0 Å². The number of hydrogen-bond acceptors (Lipinski definition) is 2. The second kappa shape index (κ2) is 4.12. The number of esters is 1. The molecule has 0 bridgehead atoms. The molecule has 1 aromatic rings. The first-order chi connectivity index (χ1) is 6.19. The Labute approximate surface area is 79.2 Å². The van der Waals surface area contributed by atoms with Gasteiger partial charge in [-0.1, -0.05) is 30.5 Å². The standard InChI is InChI=1S/C10H12BO2/c1-7-4-5-8(11-2)6-9(7)10(12)13-3/h4-6H,1-3H3. The molecule has 0 aliphatic carbocycles. The molecular weight excluding hydrogens is 163 g/mol. The summed E-state index contributed by atoms with van der Waals surface area (Å²) >= 11 is 0. The van der Waals surface area contributed by atoms with Gasteiger partial charge in [0.2, 0.25) is 0 Å². The minimum Gasteiger partial charge on any atom is -0.465 e. The fourth-order valence-corrected chi connectivity index (χ4v) is 1.15. The Morgan fingerprint density at radius 1 is 1.46 bits per heavy atom. The molecule has 0 N–H and O–H groups in total. The highest BCUT2D eigenvalue weighted by Gasteiger charge is 2.08. The van der Waals surface area contributed by atoms with Crippen molar-refractivity contribution >= 4 is 18.7 Å². The van der Waals surface area contributed by atoms with Gasteiger partial charge in [0, 0.05) is 0 Å². The van der Waals surface area contributed by atoms with Gasteiger partial charge >= 0.3 is 5.97 Å². The second-order valence-electron chi connectivity index (χ2n) is 2.85. The number of carbonyl (C=O) groups excluding carboxylic acids is 1. The van der Waals surface area contributed by atoms with Gasteiger partial charge in [0.05, 0.1) is 12.7 Å². The van der Waals surface area contributed by atoms with E-state index in [1.807, 2.05) is 39.2 Å². The monoisotopic (exact) mass is 175 g/mol. The normalized spacial score (nSPS) is 9.46. The largest absolute Gasteiger partial charge is 0.465 e. The van der Waals surface area contributed by atoms with Crippen molar-refractivity contribution in [2.45, 2.75) is 13.7 Å². The third kappa shape index (κ3) is 2.11. The minimum atomic E-state index is -0.277. The summed E-state index contributed by atoms with van der Waals surface area (Å²) in [6.45, 7) is 3.83. The molecule has 0 saturated carbocycles. The highest BCUT2D eigenvalue weighted by molar-refractivity contribution is 6.52. The molecule has 0 aliphatic rings. The van der Waals surface area contributed by atoms with E-state index < -0.39 is 0 Å². The zero-order valence-electron chi connectivity index (χ0n) is 8.13. The van der Waals surface area contributed by atoms with Gasteiger partial charge in [-0.25, -0.2) is 4.79 Å². The van der Waals surface area contributed by atoms with Crippen molar-refractivity contribution in [1.29, 1.82) is 0 Å². The first kappa shape index (κ1) is 9.84. The summed E-state index contributed by atoms with van der Waals surface area (Å²) in [5.74, 6) is -0.277. The molecular formula is C10H12BO2. The molecule has 1 radical (unpaired) electrons. The van der Waals surface area contributed by atoms with E-state index in [9.17, 15) is 4.79 Å². The lowest BCUT2D eigenvalue weighted by molar-refractivity contribution is 0.0600. The maximum absolute atomic E-state index is 11.3. The lowest BCUT2D eigenvalue weighted by Gasteiger charge is -2.05. The molecule has 0 unspecified atom stereocenters. The van der Waals surface area contributed by atoms with Crippen LogP contribution in [0, 0.1) is 6.92 Å². The molecule has 13 heavy (non-hydrogen) atoms. The third-order valence-electron chi connectivity index (χ3n) is 2.00. The maximum Gasteiger partial charge on any atom is 0.338 e. The predicted molar refractivity (Wildman–Crippen MR) is 53.8 cm³/mol. The van der Waals surface area contributed by atoms with Crippen molar-refractivity contribution in [3.05, 3.63) is 29.3 Å². The van der Waals surface area contributed by atoms with Crippen LogP contribution >= 0.6 is 0 Å². The summed E-state index contributed by atoms with van der Waals surface area (Å²) in [7, 11) is 3.34. The number of ether oxygens (including phenoxy) is 1. The molecule has 0 aliphatic heterocycles. The molecule has 0 spiro atoms. The first-order valence-corrected chi connectivity index (χ1v) is 4.17. The number of aryl methyl sites for hydroxylation is 1.